The third kappa shape index (κ3) is 2.90. The van der Waals surface area contributed by atoms with Gasteiger partial charge in [-0.05, 0) is 6.92 Å². The van der Waals surface area contributed by atoms with E-state index in [9.17, 15) is 10.1 Å². The fraction of sp³-hybridized carbons (Fsp3) is 0.333. The Bertz CT molecular complexity index is 439. The average Bonchev–Trinajstić information content (AvgIpc) is 2.25. The number of nitro groups is 1. The number of hydrogen-bond donors (Lipinski definition) is 2. The molecule has 0 fully saturated rings. The standard InChI is InChI=1S/C9H10N4O3/c1-6(14)4-11-9-8(13(15)16)2-7(3-10)5-12-9/h2,5-6,14H,4H2,1H3,(H,11,12). The Morgan fingerprint density at radius 3 is 3.00 bits per heavy atom. The molecule has 0 saturated carbocycles. The average molecular weight is 222 g/mol. The zero-order valence-electron chi connectivity index (χ0n) is 8.54. The van der Waals surface area contributed by atoms with E-state index in [4.69, 9.17) is 10.4 Å². The van der Waals surface area contributed by atoms with Crippen LogP contribution >= 0.6 is 0 Å². The number of nitrogens with zero attached hydrogens (tertiary/aromatic N) is 3. The number of anilines is 1. The van der Waals surface area contributed by atoms with Crippen molar-refractivity contribution in [3.63, 3.8) is 0 Å². The van der Waals surface area contributed by atoms with Crippen LogP contribution in [-0.4, -0.2) is 27.7 Å². The summed E-state index contributed by atoms with van der Waals surface area (Å²) in [7, 11) is 0. The molecule has 0 saturated heterocycles. The number of pyridine rings is 1. The monoisotopic (exact) mass is 222 g/mol. The summed E-state index contributed by atoms with van der Waals surface area (Å²) in [6, 6.07) is 2.91. The van der Waals surface area contributed by atoms with E-state index in [-0.39, 0.29) is 23.6 Å². The van der Waals surface area contributed by atoms with E-state index < -0.39 is 11.0 Å². The van der Waals surface area contributed by atoms with Crippen LogP contribution < -0.4 is 5.32 Å². The summed E-state index contributed by atoms with van der Waals surface area (Å²) in [6.45, 7) is 1.70. The van der Waals surface area contributed by atoms with Gasteiger partial charge in [0.05, 0.1) is 16.6 Å². The third-order valence-electron chi connectivity index (χ3n) is 1.76. The van der Waals surface area contributed by atoms with Gasteiger partial charge in [-0.25, -0.2) is 4.98 Å². The third-order valence-corrected chi connectivity index (χ3v) is 1.76. The number of nitriles is 1. The molecule has 0 aliphatic heterocycles. The molecule has 1 heterocycles. The van der Waals surface area contributed by atoms with E-state index in [0.717, 1.165) is 6.07 Å². The molecule has 0 bridgehead atoms. The summed E-state index contributed by atoms with van der Waals surface area (Å²) in [5.74, 6) is 0.0462. The highest BCUT2D eigenvalue weighted by Crippen LogP contribution is 2.22. The molecular formula is C9H10N4O3. The molecule has 0 aromatic carbocycles. The van der Waals surface area contributed by atoms with Crippen molar-refractivity contribution in [1.82, 2.24) is 4.98 Å². The first-order chi connectivity index (χ1) is 7.54. The molecule has 0 amide bonds. The summed E-state index contributed by atoms with van der Waals surface area (Å²) in [5, 5.41) is 30.9. The van der Waals surface area contributed by atoms with Gasteiger partial charge >= 0.3 is 5.69 Å². The van der Waals surface area contributed by atoms with Gasteiger partial charge in [-0.3, -0.25) is 10.1 Å². The van der Waals surface area contributed by atoms with Crippen LogP contribution in [0, 0.1) is 21.4 Å². The smallest absolute Gasteiger partial charge is 0.312 e. The van der Waals surface area contributed by atoms with Crippen LogP contribution in [0.4, 0.5) is 11.5 Å². The second-order valence-corrected chi connectivity index (χ2v) is 3.19. The van der Waals surface area contributed by atoms with Gasteiger partial charge in [0.2, 0.25) is 5.82 Å². The van der Waals surface area contributed by atoms with Crippen molar-refractivity contribution in [2.75, 3.05) is 11.9 Å². The number of nitrogens with one attached hydrogen (secondary N) is 1. The van der Waals surface area contributed by atoms with E-state index >= 15 is 0 Å². The van der Waals surface area contributed by atoms with Crippen LogP contribution in [-0.2, 0) is 0 Å². The van der Waals surface area contributed by atoms with E-state index in [1.807, 2.05) is 0 Å². The van der Waals surface area contributed by atoms with Gasteiger partial charge in [0.25, 0.3) is 0 Å². The maximum atomic E-state index is 10.7. The van der Waals surface area contributed by atoms with E-state index in [1.165, 1.54) is 6.20 Å². The van der Waals surface area contributed by atoms with Gasteiger partial charge in [0.15, 0.2) is 0 Å². The number of aliphatic hydroxyl groups excluding tert-OH is 1. The van der Waals surface area contributed by atoms with Crippen LogP contribution in [0.3, 0.4) is 0 Å². The van der Waals surface area contributed by atoms with Crippen molar-refractivity contribution in [2.45, 2.75) is 13.0 Å². The molecule has 7 nitrogen and oxygen atoms in total. The molecule has 1 unspecified atom stereocenters. The Morgan fingerprint density at radius 2 is 2.50 bits per heavy atom. The number of rotatable bonds is 4. The van der Waals surface area contributed by atoms with Gasteiger partial charge in [0.1, 0.15) is 6.07 Å². The van der Waals surface area contributed by atoms with Gasteiger partial charge < -0.3 is 10.4 Å². The topological polar surface area (TPSA) is 112 Å². The largest absolute Gasteiger partial charge is 0.392 e. The van der Waals surface area contributed by atoms with E-state index in [2.05, 4.69) is 10.3 Å². The lowest BCUT2D eigenvalue weighted by Gasteiger charge is -2.07. The Balaban J connectivity index is 3.00. The molecule has 1 atom stereocenters. The lowest BCUT2D eigenvalue weighted by Crippen LogP contribution is -2.16. The number of hydrogen-bond acceptors (Lipinski definition) is 6. The molecule has 0 aliphatic carbocycles. The van der Waals surface area contributed by atoms with Gasteiger partial charge in [0, 0.05) is 18.8 Å². The highest BCUT2D eigenvalue weighted by molar-refractivity contribution is 5.58. The highest BCUT2D eigenvalue weighted by Gasteiger charge is 2.16. The lowest BCUT2D eigenvalue weighted by atomic mass is 10.2. The maximum Gasteiger partial charge on any atom is 0.312 e. The first kappa shape index (κ1) is 11.9. The molecule has 7 heteroatoms. The lowest BCUT2D eigenvalue weighted by molar-refractivity contribution is -0.384. The van der Waals surface area contributed by atoms with Crippen molar-refractivity contribution in [3.8, 4) is 6.07 Å². The molecule has 1 aromatic heterocycles. The van der Waals surface area contributed by atoms with E-state index in [0.29, 0.717) is 0 Å². The second-order valence-electron chi connectivity index (χ2n) is 3.19. The van der Waals surface area contributed by atoms with Crippen LogP contribution in [0.25, 0.3) is 0 Å². The Morgan fingerprint density at radius 1 is 1.81 bits per heavy atom. The predicted octanol–water partition coefficient (Wildman–Crippen LogP) is 0.654. The molecule has 1 rings (SSSR count). The minimum atomic E-state index is -0.642. The van der Waals surface area contributed by atoms with Crippen LogP contribution in [0.15, 0.2) is 12.3 Å². The first-order valence-electron chi connectivity index (χ1n) is 4.51. The van der Waals surface area contributed by atoms with Gasteiger partial charge in [-0.15, -0.1) is 0 Å². The van der Waals surface area contributed by atoms with Crippen molar-refractivity contribution in [1.29, 1.82) is 5.26 Å². The summed E-state index contributed by atoms with van der Waals surface area (Å²) in [5.41, 5.74) is -0.158. The maximum absolute atomic E-state index is 10.7. The molecule has 0 spiro atoms. The normalized spacial score (nSPS) is 11.6. The molecule has 1 aromatic rings. The fourth-order valence-corrected chi connectivity index (χ4v) is 1.03. The second kappa shape index (κ2) is 5.04. The quantitative estimate of drug-likeness (QED) is 0.571. The molecule has 0 radical (unpaired) electrons. The summed E-state index contributed by atoms with van der Waals surface area (Å²) >= 11 is 0. The Hall–Kier alpha value is -2.20. The van der Waals surface area contributed by atoms with Crippen LogP contribution in [0.1, 0.15) is 12.5 Å². The minimum absolute atomic E-state index is 0.0462. The van der Waals surface area contributed by atoms with E-state index in [1.54, 1.807) is 13.0 Å². The predicted molar refractivity (Wildman–Crippen MR) is 55.8 cm³/mol. The minimum Gasteiger partial charge on any atom is -0.392 e. The zero-order valence-corrected chi connectivity index (χ0v) is 8.54. The van der Waals surface area contributed by atoms with Crippen LogP contribution in [0.2, 0.25) is 0 Å². The highest BCUT2D eigenvalue weighted by atomic mass is 16.6. The Kier molecular flexibility index (Phi) is 3.74. The zero-order chi connectivity index (χ0) is 12.1. The summed E-state index contributed by atoms with van der Waals surface area (Å²) in [6.07, 6.45) is 0.592. The van der Waals surface area contributed by atoms with Crippen molar-refractivity contribution in [3.05, 3.63) is 27.9 Å². The SMILES string of the molecule is CC(O)CNc1ncc(C#N)cc1[N+](=O)[O-]. The Labute approximate surface area is 91.5 Å². The van der Waals surface area contributed by atoms with Crippen molar-refractivity contribution in [2.24, 2.45) is 0 Å². The van der Waals surface area contributed by atoms with Gasteiger partial charge in [-0.1, -0.05) is 0 Å². The molecular weight excluding hydrogens is 212 g/mol. The summed E-state index contributed by atoms with van der Waals surface area (Å²) < 4.78 is 0. The molecule has 2 N–H and O–H groups in total. The first-order valence-corrected chi connectivity index (χ1v) is 4.51. The molecule has 84 valence electrons. The van der Waals surface area contributed by atoms with Crippen molar-refractivity contribution < 1.29 is 10.0 Å². The fourth-order valence-electron chi connectivity index (χ4n) is 1.03. The molecule has 16 heavy (non-hydrogen) atoms. The molecule has 0 aliphatic rings. The number of aromatic nitrogens is 1. The van der Waals surface area contributed by atoms with Crippen molar-refractivity contribution >= 4 is 11.5 Å². The summed E-state index contributed by atoms with van der Waals surface area (Å²) in [4.78, 5) is 13.8. The van der Waals surface area contributed by atoms with Gasteiger partial charge in [-0.2, -0.15) is 5.26 Å². The van der Waals surface area contributed by atoms with Crippen LogP contribution in [0.5, 0.6) is 0 Å². The number of aliphatic hydroxyl groups is 1.